The second-order valence-corrected chi connectivity index (χ2v) is 19.5. The Hall–Kier alpha value is -5.75. The van der Waals surface area contributed by atoms with Gasteiger partial charge in [-0.1, -0.05) is 254 Å². The lowest BCUT2D eigenvalue weighted by atomic mass is 10.1. The standard InChI is InChI=1S/C73H110O6/c1-4-7-10-13-16-19-22-25-28-31-33-35-36-38-39-42-45-48-51-54-57-60-63-66-72(75)78-69-70(68-77-71(74)65-62-59-56-53-50-47-44-41-30-27-24-21-18-15-12-9-6-3)79-73(76)67-64-61-58-55-52-49-46-43-40-37-34-32-29-26-23-20-17-14-11-8-5-2/h7-12,16-21,25-30,33-35,37-39,44-45,47-48,53-54,56-57,70H,4-6,13-15,22-24,31-32,36,40-43,46,49-52,55,58-69H2,1-3H3/b10-7-,11-8-,12-9-,19-16-,20-17-,21-18-,28-25-,29-26-,30-27-,35-33-,37-34-,39-38-,47-44-,48-45-,56-53-,57-54-. The molecule has 0 aromatic heterocycles. The van der Waals surface area contributed by atoms with Gasteiger partial charge in [0.25, 0.3) is 0 Å². The maximum absolute atomic E-state index is 12.9. The Balaban J connectivity index is 4.62. The molecule has 0 spiro atoms. The van der Waals surface area contributed by atoms with E-state index in [0.717, 1.165) is 148 Å². The summed E-state index contributed by atoms with van der Waals surface area (Å²) in [6.07, 6.45) is 98.6. The summed E-state index contributed by atoms with van der Waals surface area (Å²) in [6, 6.07) is 0. The van der Waals surface area contributed by atoms with Crippen LogP contribution in [0.25, 0.3) is 0 Å². The van der Waals surface area contributed by atoms with E-state index in [0.29, 0.717) is 12.8 Å². The van der Waals surface area contributed by atoms with E-state index in [4.69, 9.17) is 14.2 Å². The molecule has 0 aliphatic rings. The van der Waals surface area contributed by atoms with Gasteiger partial charge in [0.15, 0.2) is 6.10 Å². The number of hydrogen-bond donors (Lipinski definition) is 0. The predicted molar refractivity (Wildman–Crippen MR) is 343 cm³/mol. The molecule has 0 saturated carbocycles. The summed E-state index contributed by atoms with van der Waals surface area (Å²) in [5, 5.41) is 0. The molecule has 6 heteroatoms. The van der Waals surface area contributed by atoms with Gasteiger partial charge in [0.2, 0.25) is 0 Å². The maximum atomic E-state index is 12.9. The zero-order valence-corrected chi connectivity index (χ0v) is 50.0. The third kappa shape index (κ3) is 63.0. The van der Waals surface area contributed by atoms with Gasteiger partial charge in [0.1, 0.15) is 13.2 Å². The summed E-state index contributed by atoms with van der Waals surface area (Å²) in [5.41, 5.74) is 0. The lowest BCUT2D eigenvalue weighted by molar-refractivity contribution is -0.167. The molecule has 0 heterocycles. The first-order valence-corrected chi connectivity index (χ1v) is 30.9. The number of esters is 3. The van der Waals surface area contributed by atoms with E-state index in [2.05, 4.69) is 215 Å². The molecule has 0 amide bonds. The van der Waals surface area contributed by atoms with E-state index in [1.807, 2.05) is 0 Å². The molecule has 0 N–H and O–H groups in total. The van der Waals surface area contributed by atoms with Crippen molar-refractivity contribution in [2.45, 2.75) is 232 Å². The molecule has 1 unspecified atom stereocenters. The Morgan fingerprint density at radius 2 is 0.468 bits per heavy atom. The van der Waals surface area contributed by atoms with Crippen molar-refractivity contribution in [3.8, 4) is 0 Å². The van der Waals surface area contributed by atoms with Gasteiger partial charge in [-0.15, -0.1) is 0 Å². The van der Waals surface area contributed by atoms with Crippen molar-refractivity contribution >= 4 is 17.9 Å². The number of rotatable bonds is 53. The molecule has 0 aliphatic heterocycles. The summed E-state index contributed by atoms with van der Waals surface area (Å²) in [6.45, 7) is 6.18. The normalized spacial score (nSPS) is 13.5. The van der Waals surface area contributed by atoms with Crippen molar-refractivity contribution in [3.63, 3.8) is 0 Å². The molecule has 0 fully saturated rings. The van der Waals surface area contributed by atoms with E-state index >= 15 is 0 Å². The Morgan fingerprint density at radius 3 is 0.747 bits per heavy atom. The Labute approximate surface area is 484 Å². The van der Waals surface area contributed by atoms with Crippen LogP contribution in [0.1, 0.15) is 226 Å². The molecular formula is C73H110O6. The van der Waals surface area contributed by atoms with Gasteiger partial charge < -0.3 is 14.2 Å². The molecule has 1 atom stereocenters. The van der Waals surface area contributed by atoms with Crippen LogP contribution in [-0.2, 0) is 28.6 Å². The third-order valence-electron chi connectivity index (χ3n) is 12.1. The summed E-state index contributed by atoms with van der Waals surface area (Å²) in [4.78, 5) is 38.3. The molecule has 0 aromatic rings. The topological polar surface area (TPSA) is 78.9 Å². The Bertz CT molecular complexity index is 1920. The summed E-state index contributed by atoms with van der Waals surface area (Å²) >= 11 is 0. The van der Waals surface area contributed by atoms with Gasteiger partial charge >= 0.3 is 17.9 Å². The van der Waals surface area contributed by atoms with Gasteiger partial charge in [-0.25, -0.2) is 0 Å². The number of ether oxygens (including phenoxy) is 3. The smallest absolute Gasteiger partial charge is 0.306 e. The van der Waals surface area contributed by atoms with E-state index in [1.165, 1.54) is 25.7 Å². The summed E-state index contributed by atoms with van der Waals surface area (Å²) < 4.78 is 16.8. The number of carbonyl (C=O) groups excluding carboxylic acids is 3. The minimum absolute atomic E-state index is 0.140. The molecule has 0 saturated heterocycles. The van der Waals surface area contributed by atoms with E-state index in [-0.39, 0.29) is 50.4 Å². The van der Waals surface area contributed by atoms with Crippen molar-refractivity contribution in [1.82, 2.24) is 0 Å². The van der Waals surface area contributed by atoms with Gasteiger partial charge in [-0.05, 0) is 148 Å². The highest BCUT2D eigenvalue weighted by Gasteiger charge is 2.19. The fourth-order valence-corrected chi connectivity index (χ4v) is 7.57. The van der Waals surface area contributed by atoms with Crippen molar-refractivity contribution in [2.75, 3.05) is 13.2 Å². The number of carbonyl (C=O) groups is 3. The second kappa shape index (κ2) is 64.8. The van der Waals surface area contributed by atoms with E-state index in [1.54, 1.807) is 0 Å². The molecule has 79 heavy (non-hydrogen) atoms. The molecule has 0 bridgehead atoms. The molecule has 0 rings (SSSR count). The monoisotopic (exact) mass is 1080 g/mol. The van der Waals surface area contributed by atoms with Crippen molar-refractivity contribution < 1.29 is 28.6 Å². The molecule has 0 radical (unpaired) electrons. The van der Waals surface area contributed by atoms with Crippen molar-refractivity contribution in [3.05, 3.63) is 194 Å². The zero-order valence-electron chi connectivity index (χ0n) is 50.0. The number of unbranched alkanes of at least 4 members (excludes halogenated alkanes) is 10. The minimum atomic E-state index is -0.843. The number of hydrogen-bond acceptors (Lipinski definition) is 6. The molecule has 6 nitrogen and oxygen atoms in total. The van der Waals surface area contributed by atoms with Crippen molar-refractivity contribution in [2.24, 2.45) is 0 Å². The van der Waals surface area contributed by atoms with Crippen LogP contribution in [0.3, 0.4) is 0 Å². The first-order valence-electron chi connectivity index (χ1n) is 30.9. The molecule has 0 aliphatic carbocycles. The molecule has 0 aromatic carbocycles. The van der Waals surface area contributed by atoms with Crippen molar-refractivity contribution in [1.29, 1.82) is 0 Å². The second-order valence-electron chi connectivity index (χ2n) is 19.5. The van der Waals surface area contributed by atoms with E-state index in [9.17, 15) is 14.4 Å². The van der Waals surface area contributed by atoms with Gasteiger partial charge in [-0.3, -0.25) is 14.4 Å². The zero-order chi connectivity index (χ0) is 57.1. The van der Waals surface area contributed by atoms with Crippen LogP contribution in [0.5, 0.6) is 0 Å². The summed E-state index contributed by atoms with van der Waals surface area (Å²) in [5.74, 6) is -1.07. The third-order valence-corrected chi connectivity index (χ3v) is 12.1. The molecule has 438 valence electrons. The highest BCUT2D eigenvalue weighted by atomic mass is 16.6. The molecular weight excluding hydrogens is 973 g/mol. The lowest BCUT2D eigenvalue weighted by Gasteiger charge is -2.18. The van der Waals surface area contributed by atoms with Crippen LogP contribution in [-0.4, -0.2) is 37.2 Å². The largest absolute Gasteiger partial charge is 0.462 e. The van der Waals surface area contributed by atoms with E-state index < -0.39 is 6.10 Å². The van der Waals surface area contributed by atoms with Crippen LogP contribution >= 0.6 is 0 Å². The first kappa shape index (κ1) is 73.2. The SMILES string of the molecule is CC/C=C\C/C=C\C/C=C\C/C=C\C/C=C\C/C=C\C/C=C\CCCC(=O)OCC(COC(=O)CCC/C=C\C/C=C\C/C=C\C/C=C\C/C=C\CC)OC(=O)CCCCCCCCCC/C=C\C/C=C\C/C=C\C/C=C\CC. The number of allylic oxidation sites excluding steroid dienone is 32. The average Bonchev–Trinajstić information content (AvgIpc) is 3.45. The van der Waals surface area contributed by atoms with Crippen LogP contribution in [0, 0.1) is 0 Å². The Morgan fingerprint density at radius 1 is 0.253 bits per heavy atom. The Kier molecular flexibility index (Phi) is 60.1. The summed E-state index contributed by atoms with van der Waals surface area (Å²) in [7, 11) is 0. The minimum Gasteiger partial charge on any atom is -0.462 e. The fraction of sp³-hybridized carbons (Fsp3) is 0.521. The van der Waals surface area contributed by atoms with Crippen LogP contribution in [0.4, 0.5) is 0 Å². The predicted octanol–water partition coefficient (Wildman–Crippen LogP) is 21.4. The highest BCUT2D eigenvalue weighted by molar-refractivity contribution is 5.71. The quantitative estimate of drug-likeness (QED) is 0.0261. The maximum Gasteiger partial charge on any atom is 0.306 e. The van der Waals surface area contributed by atoms with Gasteiger partial charge in [-0.2, -0.15) is 0 Å². The van der Waals surface area contributed by atoms with Gasteiger partial charge in [0, 0.05) is 19.3 Å². The first-order chi connectivity index (χ1) is 39.0. The fourth-order valence-electron chi connectivity index (χ4n) is 7.57. The highest BCUT2D eigenvalue weighted by Crippen LogP contribution is 2.13. The van der Waals surface area contributed by atoms with Gasteiger partial charge in [0.05, 0.1) is 0 Å². The van der Waals surface area contributed by atoms with Crippen LogP contribution in [0.2, 0.25) is 0 Å². The lowest BCUT2D eigenvalue weighted by Crippen LogP contribution is -2.30. The van der Waals surface area contributed by atoms with Crippen LogP contribution < -0.4 is 0 Å². The van der Waals surface area contributed by atoms with Crippen LogP contribution in [0.15, 0.2) is 194 Å². The average molecular weight is 1080 g/mol.